The van der Waals surface area contributed by atoms with E-state index in [1.54, 1.807) is 12.1 Å². The van der Waals surface area contributed by atoms with Crippen LogP contribution in [0.25, 0.3) is 22.0 Å². The number of nitrogens with one attached hydrogen (secondary N) is 4. The summed E-state index contributed by atoms with van der Waals surface area (Å²) < 4.78 is 12.9. The number of fused-ring (bicyclic) bond motifs is 6. The van der Waals surface area contributed by atoms with Crippen molar-refractivity contribution in [1.29, 1.82) is 0 Å². The van der Waals surface area contributed by atoms with Gasteiger partial charge in [-0.25, -0.2) is 4.79 Å². The molecule has 2 amide bonds. The van der Waals surface area contributed by atoms with Crippen molar-refractivity contribution in [3.8, 4) is 16.9 Å². The highest BCUT2D eigenvalue weighted by Crippen LogP contribution is 2.51. The normalized spacial score (nSPS) is 22.1. The number of rotatable bonds is 14. The van der Waals surface area contributed by atoms with Gasteiger partial charge in [0.2, 0.25) is 11.5 Å². The van der Waals surface area contributed by atoms with E-state index in [-0.39, 0.29) is 29.9 Å². The van der Waals surface area contributed by atoms with E-state index in [1.165, 1.54) is 12.1 Å². The Balaban J connectivity index is 0.793. The zero-order valence-electron chi connectivity index (χ0n) is 32.2. The SMILES string of the molecule is C[N+]1(C)[C@@H]2CC(OC(=O)Nc3cc(CCCCC(=O)Nc4ccc(CNC[C@H](O)c5ccc(O)c6[nH]c(=O)ccc56)cc4)ccc3-c3ccccc3)C[C@H]1[C@@H]1O[C@@H]12. The molecule has 12 nitrogen and oxygen atoms in total. The molecule has 0 spiro atoms. The Hall–Kier alpha value is -5.53. The van der Waals surface area contributed by atoms with Gasteiger partial charge in [0.1, 0.15) is 36.1 Å². The summed E-state index contributed by atoms with van der Waals surface area (Å²) in [4.78, 5) is 40.4. The zero-order chi connectivity index (χ0) is 39.7. The van der Waals surface area contributed by atoms with Crippen LogP contribution in [0.4, 0.5) is 16.2 Å². The van der Waals surface area contributed by atoms with E-state index in [2.05, 4.69) is 41.1 Å². The van der Waals surface area contributed by atoms with Crippen LogP contribution in [0.1, 0.15) is 54.9 Å². The van der Waals surface area contributed by atoms with E-state index in [9.17, 15) is 24.6 Å². The standard InChI is InChI=1S/C45H49N5O7/c1-50(2)36-23-31(24-37(50)44-43(36)57-44)56-45(55)48-35-22-27(14-17-32(35)29-9-4-3-5-10-29)8-6-7-11-40(53)47-30-15-12-28(13-16-30)25-46-26-39(52)33-18-20-38(51)42-34(33)19-21-41(54)49-42/h3-5,9-10,12-22,31,36-37,39,43-44,46,52H,6-8,11,23-26H2,1-2H3,(H3-,47,48,49,51,53,54,55)/p+1/t31?,36-,37+,39-,43-,44+/m0/s1. The molecular weight excluding hydrogens is 723 g/mol. The highest BCUT2D eigenvalue weighted by molar-refractivity contribution is 5.92. The van der Waals surface area contributed by atoms with Crippen molar-refractivity contribution in [3.05, 3.63) is 124 Å². The molecule has 1 unspecified atom stereocenters. The number of unbranched alkanes of at least 4 members (excludes halogenated alkanes) is 1. The number of benzene rings is 4. The average molecular weight is 773 g/mol. The van der Waals surface area contributed by atoms with Crippen molar-refractivity contribution in [2.24, 2.45) is 0 Å². The van der Waals surface area contributed by atoms with Crippen molar-refractivity contribution >= 4 is 34.3 Å². The second-order valence-electron chi connectivity index (χ2n) is 16.1. The number of hydrogen-bond acceptors (Lipinski definition) is 8. The third-order valence-corrected chi connectivity index (χ3v) is 12.0. The van der Waals surface area contributed by atoms with Crippen LogP contribution in [0.5, 0.6) is 5.75 Å². The second kappa shape index (κ2) is 16.1. The Morgan fingerprint density at radius 2 is 1.63 bits per heavy atom. The number of piperidine rings is 1. The van der Waals surface area contributed by atoms with Crippen LogP contribution in [0.2, 0.25) is 0 Å². The highest BCUT2D eigenvalue weighted by atomic mass is 16.6. The monoisotopic (exact) mass is 772 g/mol. The summed E-state index contributed by atoms with van der Waals surface area (Å²) in [6, 6.07) is 30.5. The summed E-state index contributed by atoms with van der Waals surface area (Å²) in [5.41, 5.74) is 5.97. The number of amides is 2. The summed E-state index contributed by atoms with van der Waals surface area (Å²) >= 11 is 0. The number of morpholine rings is 1. The fourth-order valence-electron chi connectivity index (χ4n) is 8.87. The molecule has 3 fully saturated rings. The number of likely N-dealkylation sites (N-methyl/N-ethyl adjacent to an activating group) is 1. The van der Waals surface area contributed by atoms with Gasteiger partial charge in [0.05, 0.1) is 31.4 Å². The maximum Gasteiger partial charge on any atom is 0.411 e. The van der Waals surface area contributed by atoms with E-state index in [0.717, 1.165) is 52.4 Å². The second-order valence-corrected chi connectivity index (χ2v) is 16.1. The number of hydrogen-bond donors (Lipinski definition) is 6. The Kier molecular flexibility index (Phi) is 10.9. The number of carbonyl (C=O) groups is 2. The number of phenolic OH excluding ortho intramolecular Hbond substituents is 1. The van der Waals surface area contributed by atoms with Crippen molar-refractivity contribution in [2.75, 3.05) is 31.3 Å². The van der Waals surface area contributed by atoms with E-state index < -0.39 is 12.2 Å². The molecule has 3 aliphatic rings. The first-order valence-corrected chi connectivity index (χ1v) is 19.8. The van der Waals surface area contributed by atoms with Gasteiger partial charge in [0, 0.05) is 55.1 Å². The topological polar surface area (TPSA) is 165 Å². The first kappa shape index (κ1) is 38.3. The Labute approximate surface area is 331 Å². The lowest BCUT2D eigenvalue weighted by molar-refractivity contribution is -0.938. The fraction of sp³-hybridized carbons (Fsp3) is 0.356. The quantitative estimate of drug-likeness (QED) is 0.0430. The lowest BCUT2D eigenvalue weighted by atomic mass is 9.96. The van der Waals surface area contributed by atoms with Crippen LogP contribution in [0.3, 0.4) is 0 Å². The number of phenols is 1. The average Bonchev–Trinajstić information content (AvgIpc) is 3.97. The molecule has 57 heavy (non-hydrogen) atoms. The number of aryl methyl sites for hydroxylation is 1. The number of aromatic nitrogens is 1. The lowest BCUT2D eigenvalue weighted by Gasteiger charge is -2.45. The summed E-state index contributed by atoms with van der Waals surface area (Å²) in [6.45, 7) is 0.758. The minimum absolute atomic E-state index is 0.0515. The van der Waals surface area contributed by atoms with Crippen LogP contribution < -0.4 is 21.5 Å². The number of aromatic amines is 1. The van der Waals surface area contributed by atoms with Gasteiger partial charge >= 0.3 is 6.09 Å². The highest BCUT2D eigenvalue weighted by Gasteiger charge is 2.70. The first-order valence-electron chi connectivity index (χ1n) is 19.8. The van der Waals surface area contributed by atoms with E-state index in [1.807, 2.05) is 66.7 Å². The lowest BCUT2D eigenvalue weighted by Crippen LogP contribution is -2.60. The summed E-state index contributed by atoms with van der Waals surface area (Å²) in [5.74, 6) is -0.109. The van der Waals surface area contributed by atoms with Crippen molar-refractivity contribution in [2.45, 2.75) is 81.6 Å². The molecule has 5 aromatic rings. The van der Waals surface area contributed by atoms with Gasteiger partial charge in [0.15, 0.2) is 0 Å². The van der Waals surface area contributed by atoms with Gasteiger partial charge in [-0.05, 0) is 71.8 Å². The van der Waals surface area contributed by atoms with Crippen molar-refractivity contribution < 1.29 is 33.8 Å². The maximum atomic E-state index is 13.3. The van der Waals surface area contributed by atoms with Gasteiger partial charge in [-0.2, -0.15) is 0 Å². The van der Waals surface area contributed by atoms with Crippen molar-refractivity contribution in [1.82, 2.24) is 10.3 Å². The molecule has 12 heteroatoms. The molecule has 2 bridgehead atoms. The molecule has 6 N–H and O–H groups in total. The van der Waals surface area contributed by atoms with Gasteiger partial charge in [-0.15, -0.1) is 0 Å². The van der Waals surface area contributed by atoms with E-state index in [0.29, 0.717) is 71.5 Å². The van der Waals surface area contributed by atoms with Crippen LogP contribution in [0, 0.1) is 0 Å². The summed E-state index contributed by atoms with van der Waals surface area (Å²) in [7, 11) is 4.52. The minimum atomic E-state index is -0.857. The minimum Gasteiger partial charge on any atom is -0.506 e. The molecule has 1 aromatic heterocycles. The number of pyridine rings is 1. The number of quaternary nitrogens is 1. The number of carbonyl (C=O) groups excluding carboxylic acids is 2. The maximum absolute atomic E-state index is 13.3. The summed E-state index contributed by atoms with van der Waals surface area (Å²) in [5, 5.41) is 30.8. The first-order chi connectivity index (χ1) is 27.5. The number of aliphatic hydroxyl groups is 1. The molecule has 0 saturated carbocycles. The number of aliphatic hydroxyl groups excluding tert-OH is 1. The summed E-state index contributed by atoms with van der Waals surface area (Å²) in [6.07, 6.45) is 3.42. The van der Waals surface area contributed by atoms with Crippen LogP contribution in [-0.2, 0) is 27.2 Å². The van der Waals surface area contributed by atoms with Crippen LogP contribution >= 0.6 is 0 Å². The zero-order valence-corrected chi connectivity index (χ0v) is 32.2. The predicted molar refractivity (Wildman–Crippen MR) is 219 cm³/mol. The molecule has 296 valence electrons. The predicted octanol–water partition coefficient (Wildman–Crippen LogP) is 6.38. The number of H-pyrrole nitrogens is 1. The van der Waals surface area contributed by atoms with E-state index in [4.69, 9.17) is 9.47 Å². The van der Waals surface area contributed by atoms with Gasteiger partial charge < -0.3 is 39.8 Å². The fourth-order valence-corrected chi connectivity index (χ4v) is 8.87. The molecule has 6 atom stereocenters. The molecule has 4 heterocycles. The molecule has 0 aliphatic carbocycles. The Morgan fingerprint density at radius 3 is 2.39 bits per heavy atom. The van der Waals surface area contributed by atoms with Crippen LogP contribution in [-0.4, -0.2) is 82.7 Å². The van der Waals surface area contributed by atoms with Gasteiger partial charge in [-0.1, -0.05) is 60.7 Å². The molecule has 4 aromatic carbocycles. The third kappa shape index (κ3) is 8.45. The Bertz CT molecular complexity index is 2290. The van der Waals surface area contributed by atoms with Crippen LogP contribution in [0.15, 0.2) is 102 Å². The Morgan fingerprint density at radius 1 is 0.895 bits per heavy atom. The number of aromatic hydroxyl groups is 1. The smallest absolute Gasteiger partial charge is 0.411 e. The number of epoxide rings is 1. The number of nitrogens with zero attached hydrogens (tertiary/aromatic N) is 1. The van der Waals surface area contributed by atoms with Gasteiger partial charge in [0.25, 0.3) is 0 Å². The van der Waals surface area contributed by atoms with E-state index >= 15 is 0 Å². The molecule has 0 radical (unpaired) electrons. The molecule has 8 rings (SSSR count). The third-order valence-electron chi connectivity index (χ3n) is 12.0. The number of ether oxygens (including phenoxy) is 2. The van der Waals surface area contributed by atoms with Gasteiger partial charge in [-0.3, -0.25) is 14.9 Å². The largest absolute Gasteiger partial charge is 0.506 e. The molecule has 3 saturated heterocycles. The molecular formula is C45H50N5O7+. The van der Waals surface area contributed by atoms with Crippen molar-refractivity contribution in [3.63, 3.8) is 0 Å². The molecule has 3 aliphatic heterocycles. The number of anilines is 2.